The van der Waals surface area contributed by atoms with E-state index in [0.717, 1.165) is 19.3 Å². The SMILES string of the molecule is O=C1CCCC(=O)N1C1CCCCCCC1. The molecule has 0 atom stereocenters. The van der Waals surface area contributed by atoms with Crippen molar-refractivity contribution in [2.45, 2.75) is 70.3 Å². The summed E-state index contributed by atoms with van der Waals surface area (Å²) in [6.07, 6.45) is 10.1. The molecular formula is C13H21NO2. The van der Waals surface area contributed by atoms with Gasteiger partial charge >= 0.3 is 0 Å². The van der Waals surface area contributed by atoms with E-state index in [-0.39, 0.29) is 17.9 Å². The zero-order chi connectivity index (χ0) is 11.4. The van der Waals surface area contributed by atoms with Gasteiger partial charge in [0, 0.05) is 18.9 Å². The number of hydrogen-bond donors (Lipinski definition) is 0. The molecule has 0 N–H and O–H groups in total. The molecule has 1 aliphatic heterocycles. The molecule has 16 heavy (non-hydrogen) atoms. The second kappa shape index (κ2) is 5.46. The summed E-state index contributed by atoms with van der Waals surface area (Å²) in [5.74, 6) is 0.142. The van der Waals surface area contributed by atoms with Crippen molar-refractivity contribution >= 4 is 11.8 Å². The summed E-state index contributed by atoms with van der Waals surface area (Å²) in [4.78, 5) is 25.2. The molecule has 0 aromatic rings. The van der Waals surface area contributed by atoms with Crippen LogP contribution in [0.3, 0.4) is 0 Å². The Labute approximate surface area is 97.2 Å². The van der Waals surface area contributed by atoms with Crippen molar-refractivity contribution < 1.29 is 9.59 Å². The quantitative estimate of drug-likeness (QED) is 0.641. The van der Waals surface area contributed by atoms with Crippen LogP contribution in [-0.2, 0) is 9.59 Å². The van der Waals surface area contributed by atoms with E-state index in [0.29, 0.717) is 12.8 Å². The summed E-state index contributed by atoms with van der Waals surface area (Å²) in [6.45, 7) is 0. The number of carbonyl (C=O) groups excluding carboxylic acids is 2. The first-order valence-electron chi connectivity index (χ1n) is 6.64. The van der Waals surface area contributed by atoms with Crippen LogP contribution in [0.15, 0.2) is 0 Å². The summed E-state index contributed by atoms with van der Waals surface area (Å²) in [5, 5.41) is 0. The molecule has 2 rings (SSSR count). The number of carbonyl (C=O) groups is 2. The number of imide groups is 1. The van der Waals surface area contributed by atoms with Crippen LogP contribution >= 0.6 is 0 Å². The van der Waals surface area contributed by atoms with Crippen LogP contribution in [0, 0.1) is 0 Å². The van der Waals surface area contributed by atoms with Crippen LogP contribution in [0.5, 0.6) is 0 Å². The third-order valence-electron chi connectivity index (χ3n) is 3.76. The second-order valence-electron chi connectivity index (χ2n) is 5.01. The van der Waals surface area contributed by atoms with Gasteiger partial charge in [-0.15, -0.1) is 0 Å². The average molecular weight is 223 g/mol. The van der Waals surface area contributed by atoms with Gasteiger partial charge in [0.15, 0.2) is 0 Å². The molecule has 0 bridgehead atoms. The van der Waals surface area contributed by atoms with Crippen LogP contribution in [0.25, 0.3) is 0 Å². The van der Waals surface area contributed by atoms with Gasteiger partial charge in [0.25, 0.3) is 0 Å². The topological polar surface area (TPSA) is 37.4 Å². The highest BCUT2D eigenvalue weighted by Crippen LogP contribution is 2.25. The Morgan fingerprint density at radius 3 is 1.81 bits per heavy atom. The van der Waals surface area contributed by atoms with E-state index in [9.17, 15) is 9.59 Å². The van der Waals surface area contributed by atoms with Crippen LogP contribution in [0.4, 0.5) is 0 Å². The van der Waals surface area contributed by atoms with Crippen molar-refractivity contribution in [2.75, 3.05) is 0 Å². The molecule has 1 saturated carbocycles. The van der Waals surface area contributed by atoms with E-state index in [1.54, 1.807) is 4.90 Å². The predicted molar refractivity (Wildman–Crippen MR) is 61.8 cm³/mol. The van der Waals surface area contributed by atoms with Gasteiger partial charge in [0.2, 0.25) is 11.8 Å². The summed E-state index contributed by atoms with van der Waals surface area (Å²) in [6, 6.07) is 0.209. The minimum atomic E-state index is 0.0711. The van der Waals surface area contributed by atoms with E-state index >= 15 is 0 Å². The van der Waals surface area contributed by atoms with Crippen molar-refractivity contribution in [1.29, 1.82) is 0 Å². The zero-order valence-electron chi connectivity index (χ0n) is 9.91. The molecule has 0 radical (unpaired) electrons. The van der Waals surface area contributed by atoms with Crippen molar-refractivity contribution in [3.8, 4) is 0 Å². The molecule has 3 nitrogen and oxygen atoms in total. The fraction of sp³-hybridized carbons (Fsp3) is 0.846. The molecular weight excluding hydrogens is 202 g/mol. The Morgan fingerprint density at radius 1 is 0.750 bits per heavy atom. The highest BCUT2D eigenvalue weighted by Gasteiger charge is 2.31. The molecule has 1 heterocycles. The lowest BCUT2D eigenvalue weighted by Crippen LogP contribution is -2.47. The number of piperidine rings is 1. The molecule has 0 unspecified atom stereocenters. The Balaban J connectivity index is 2.01. The van der Waals surface area contributed by atoms with Crippen molar-refractivity contribution in [3.05, 3.63) is 0 Å². The van der Waals surface area contributed by atoms with Crippen LogP contribution in [0.2, 0.25) is 0 Å². The van der Waals surface area contributed by atoms with E-state index in [1.165, 1.54) is 32.1 Å². The van der Waals surface area contributed by atoms with Gasteiger partial charge in [-0.05, 0) is 19.3 Å². The number of nitrogens with zero attached hydrogens (tertiary/aromatic N) is 1. The first-order valence-corrected chi connectivity index (χ1v) is 6.64. The summed E-state index contributed by atoms with van der Waals surface area (Å²) in [5.41, 5.74) is 0. The molecule has 2 amide bonds. The molecule has 0 aromatic carbocycles. The smallest absolute Gasteiger partial charge is 0.229 e. The van der Waals surface area contributed by atoms with E-state index in [4.69, 9.17) is 0 Å². The Bertz CT molecular complexity index is 251. The van der Waals surface area contributed by atoms with Crippen molar-refractivity contribution in [2.24, 2.45) is 0 Å². The maximum Gasteiger partial charge on any atom is 0.229 e. The minimum absolute atomic E-state index is 0.0711. The minimum Gasteiger partial charge on any atom is -0.280 e. The lowest BCUT2D eigenvalue weighted by molar-refractivity contribution is -0.151. The highest BCUT2D eigenvalue weighted by atomic mass is 16.2. The monoisotopic (exact) mass is 223 g/mol. The van der Waals surface area contributed by atoms with Gasteiger partial charge in [-0.3, -0.25) is 14.5 Å². The van der Waals surface area contributed by atoms with Gasteiger partial charge < -0.3 is 0 Å². The van der Waals surface area contributed by atoms with Crippen molar-refractivity contribution in [3.63, 3.8) is 0 Å². The van der Waals surface area contributed by atoms with Gasteiger partial charge in [-0.2, -0.15) is 0 Å². The molecule has 1 aliphatic carbocycles. The zero-order valence-corrected chi connectivity index (χ0v) is 9.91. The highest BCUT2D eigenvalue weighted by molar-refractivity contribution is 5.97. The van der Waals surface area contributed by atoms with Gasteiger partial charge in [0.1, 0.15) is 0 Å². The molecule has 0 spiro atoms. The van der Waals surface area contributed by atoms with Crippen molar-refractivity contribution in [1.82, 2.24) is 4.90 Å². The maximum atomic E-state index is 11.8. The summed E-state index contributed by atoms with van der Waals surface area (Å²) in [7, 11) is 0. The third kappa shape index (κ3) is 2.63. The number of hydrogen-bond acceptors (Lipinski definition) is 2. The van der Waals surface area contributed by atoms with Crippen LogP contribution < -0.4 is 0 Å². The normalized spacial score (nSPS) is 25.4. The Morgan fingerprint density at radius 2 is 1.25 bits per heavy atom. The largest absolute Gasteiger partial charge is 0.280 e. The standard InChI is InChI=1S/C13H21NO2/c15-12-9-6-10-13(16)14(12)11-7-4-2-1-3-5-8-11/h11H,1-10H2. The molecule has 90 valence electrons. The molecule has 3 heteroatoms. The van der Waals surface area contributed by atoms with E-state index < -0.39 is 0 Å². The fourth-order valence-electron chi connectivity index (χ4n) is 2.87. The lowest BCUT2D eigenvalue weighted by atomic mass is 9.94. The first-order chi connectivity index (χ1) is 7.79. The third-order valence-corrected chi connectivity index (χ3v) is 3.76. The second-order valence-corrected chi connectivity index (χ2v) is 5.01. The summed E-state index contributed by atoms with van der Waals surface area (Å²) < 4.78 is 0. The molecule has 2 fully saturated rings. The van der Waals surface area contributed by atoms with E-state index in [2.05, 4.69) is 0 Å². The number of rotatable bonds is 1. The maximum absolute atomic E-state index is 11.8. The average Bonchev–Trinajstić information content (AvgIpc) is 2.20. The fourth-order valence-corrected chi connectivity index (χ4v) is 2.87. The van der Waals surface area contributed by atoms with Gasteiger partial charge in [-0.1, -0.05) is 32.1 Å². The van der Waals surface area contributed by atoms with Crippen LogP contribution in [-0.4, -0.2) is 22.8 Å². The molecule has 1 saturated heterocycles. The first kappa shape index (κ1) is 11.6. The summed E-state index contributed by atoms with van der Waals surface area (Å²) >= 11 is 0. The van der Waals surface area contributed by atoms with E-state index in [1.807, 2.05) is 0 Å². The number of likely N-dealkylation sites (tertiary alicyclic amines) is 1. The van der Waals surface area contributed by atoms with Crippen LogP contribution in [0.1, 0.15) is 64.2 Å². The number of amides is 2. The lowest BCUT2D eigenvalue weighted by Gasteiger charge is -2.34. The Hall–Kier alpha value is -0.860. The molecule has 2 aliphatic rings. The van der Waals surface area contributed by atoms with Gasteiger partial charge in [0.05, 0.1) is 0 Å². The predicted octanol–water partition coefficient (Wildman–Crippen LogP) is 2.64. The Kier molecular flexibility index (Phi) is 3.97. The molecule has 0 aromatic heterocycles. The van der Waals surface area contributed by atoms with Gasteiger partial charge in [-0.25, -0.2) is 0 Å².